The third kappa shape index (κ3) is 4.40. The van der Waals surface area contributed by atoms with Crippen LogP contribution in [0.25, 0.3) is 0 Å². The summed E-state index contributed by atoms with van der Waals surface area (Å²) in [6.07, 6.45) is 0.858. The number of nitrogens with one attached hydrogen (secondary N) is 1. The molecular weight excluding hydrogens is 396 g/mol. The van der Waals surface area contributed by atoms with Gasteiger partial charge in [0.25, 0.3) is 0 Å². The van der Waals surface area contributed by atoms with Gasteiger partial charge in [0.15, 0.2) is 0 Å². The molecule has 2 atom stereocenters. The first-order valence-corrected chi connectivity index (χ1v) is 10.6. The molecule has 0 radical (unpaired) electrons. The van der Waals surface area contributed by atoms with Crippen LogP contribution in [0.15, 0.2) is 42.5 Å². The van der Waals surface area contributed by atoms with Crippen LogP contribution in [0.4, 0.5) is 5.69 Å². The van der Waals surface area contributed by atoms with Gasteiger partial charge in [-0.05, 0) is 44.2 Å². The molecule has 2 aromatic rings. The fraction of sp³-hybridized carbons (Fsp3) is 0.375. The molecule has 2 amide bonds. The first kappa shape index (κ1) is 20.9. The summed E-state index contributed by atoms with van der Waals surface area (Å²) in [5.41, 5.74) is 3.19. The van der Waals surface area contributed by atoms with Crippen LogP contribution in [0.2, 0.25) is 0 Å². The summed E-state index contributed by atoms with van der Waals surface area (Å²) < 4.78 is 10.7. The van der Waals surface area contributed by atoms with E-state index in [0.717, 1.165) is 16.9 Å². The number of amides is 2. The highest BCUT2D eigenvalue weighted by Crippen LogP contribution is 2.33. The van der Waals surface area contributed by atoms with Crippen LogP contribution < -0.4 is 15.0 Å². The van der Waals surface area contributed by atoms with Gasteiger partial charge in [-0.25, -0.2) is 4.79 Å². The Morgan fingerprint density at radius 1 is 1.19 bits per heavy atom. The molecule has 0 aliphatic carbocycles. The van der Waals surface area contributed by atoms with Crippen molar-refractivity contribution in [3.05, 3.63) is 59.2 Å². The van der Waals surface area contributed by atoms with Crippen LogP contribution in [-0.4, -0.2) is 37.5 Å². The van der Waals surface area contributed by atoms with Gasteiger partial charge in [0, 0.05) is 30.6 Å². The highest BCUT2D eigenvalue weighted by molar-refractivity contribution is 6.00. The van der Waals surface area contributed by atoms with E-state index in [4.69, 9.17) is 9.47 Å². The second-order valence-electron chi connectivity index (χ2n) is 7.91. The van der Waals surface area contributed by atoms with Crippen LogP contribution in [0.1, 0.15) is 47.3 Å². The van der Waals surface area contributed by atoms with E-state index >= 15 is 0 Å². The molecule has 4 rings (SSSR count). The van der Waals surface area contributed by atoms with Gasteiger partial charge in [-0.15, -0.1) is 0 Å². The summed E-state index contributed by atoms with van der Waals surface area (Å²) >= 11 is 0. The van der Waals surface area contributed by atoms with Crippen LogP contribution >= 0.6 is 0 Å². The second kappa shape index (κ2) is 8.79. The Hall–Kier alpha value is -3.35. The number of anilines is 1. The zero-order valence-corrected chi connectivity index (χ0v) is 17.7. The maximum atomic E-state index is 13.0. The summed E-state index contributed by atoms with van der Waals surface area (Å²) in [7, 11) is 0. The van der Waals surface area contributed by atoms with Crippen molar-refractivity contribution < 1.29 is 23.9 Å². The summed E-state index contributed by atoms with van der Waals surface area (Å²) in [6.45, 7) is 4.92. The molecule has 7 heteroatoms. The van der Waals surface area contributed by atoms with Crippen molar-refractivity contribution in [2.45, 2.75) is 32.7 Å². The molecule has 1 fully saturated rings. The number of aryl methyl sites for hydroxylation is 1. The minimum absolute atomic E-state index is 0.104. The number of esters is 1. The van der Waals surface area contributed by atoms with Crippen LogP contribution in [0.5, 0.6) is 5.75 Å². The fourth-order valence-electron chi connectivity index (χ4n) is 4.08. The average molecular weight is 422 g/mol. The van der Waals surface area contributed by atoms with Gasteiger partial charge < -0.3 is 19.7 Å². The van der Waals surface area contributed by atoms with Crippen LogP contribution in [0, 0.1) is 12.8 Å². The molecule has 0 saturated carbocycles. The van der Waals surface area contributed by atoms with Crippen molar-refractivity contribution in [3.63, 3.8) is 0 Å². The highest BCUT2D eigenvalue weighted by Gasteiger charge is 2.36. The topological polar surface area (TPSA) is 84.9 Å². The van der Waals surface area contributed by atoms with Crippen molar-refractivity contribution in [2.24, 2.45) is 5.92 Å². The lowest BCUT2D eigenvalue weighted by Crippen LogP contribution is -2.37. The molecule has 7 nitrogen and oxygen atoms in total. The Labute approximate surface area is 181 Å². The van der Waals surface area contributed by atoms with Gasteiger partial charge in [0.1, 0.15) is 5.75 Å². The Morgan fingerprint density at radius 3 is 2.71 bits per heavy atom. The highest BCUT2D eigenvalue weighted by atomic mass is 16.5. The third-order valence-corrected chi connectivity index (χ3v) is 5.71. The molecule has 0 aromatic heterocycles. The number of carbonyl (C=O) groups excluding carboxylic acids is 3. The van der Waals surface area contributed by atoms with E-state index in [2.05, 4.69) is 5.32 Å². The Balaban J connectivity index is 1.42. The second-order valence-corrected chi connectivity index (χ2v) is 7.91. The summed E-state index contributed by atoms with van der Waals surface area (Å²) in [6, 6.07) is 12.5. The number of hydrogen-bond acceptors (Lipinski definition) is 5. The smallest absolute Gasteiger partial charge is 0.338 e. The minimum atomic E-state index is -0.423. The first-order valence-electron chi connectivity index (χ1n) is 10.6. The molecule has 2 aliphatic rings. The van der Waals surface area contributed by atoms with E-state index < -0.39 is 11.9 Å². The third-order valence-electron chi connectivity index (χ3n) is 5.71. The SMILES string of the molecule is CCOC(=O)c1ccc(N2CC(C(=O)NC3CCOc4ccc(C)cc43)CC2=O)cc1. The van der Waals surface area contributed by atoms with E-state index in [0.29, 0.717) is 37.4 Å². The normalized spacial score (nSPS) is 20.1. The predicted molar refractivity (Wildman–Crippen MR) is 115 cm³/mol. The molecule has 2 aromatic carbocycles. The standard InChI is InChI=1S/C24H26N2O5/c1-3-30-24(29)16-5-7-18(8-6-16)26-14-17(13-22(26)27)23(28)25-20-10-11-31-21-9-4-15(2)12-19(20)21/h4-9,12,17,20H,3,10-11,13-14H2,1-2H3,(H,25,28). The van der Waals surface area contributed by atoms with E-state index in [1.165, 1.54) is 0 Å². The average Bonchev–Trinajstić information content (AvgIpc) is 3.16. The zero-order chi connectivity index (χ0) is 22.0. The first-order chi connectivity index (χ1) is 15.0. The maximum absolute atomic E-state index is 13.0. The summed E-state index contributed by atoms with van der Waals surface area (Å²) in [5, 5.41) is 3.12. The van der Waals surface area contributed by atoms with Gasteiger partial charge in [-0.2, -0.15) is 0 Å². The van der Waals surface area contributed by atoms with Crippen molar-refractivity contribution in [1.82, 2.24) is 5.32 Å². The lowest BCUT2D eigenvalue weighted by molar-refractivity contribution is -0.127. The van der Waals surface area contributed by atoms with Crippen molar-refractivity contribution in [2.75, 3.05) is 24.7 Å². The Bertz CT molecular complexity index is 1000. The molecule has 2 aliphatic heterocycles. The van der Waals surface area contributed by atoms with E-state index in [-0.39, 0.29) is 24.3 Å². The van der Waals surface area contributed by atoms with Crippen LogP contribution in [-0.2, 0) is 14.3 Å². The summed E-state index contributed by atoms with van der Waals surface area (Å²) in [5.74, 6) is -0.252. The Morgan fingerprint density at radius 2 is 1.97 bits per heavy atom. The monoisotopic (exact) mass is 422 g/mol. The molecule has 1 N–H and O–H groups in total. The number of fused-ring (bicyclic) bond motifs is 1. The molecular formula is C24H26N2O5. The molecule has 0 bridgehead atoms. The largest absolute Gasteiger partial charge is 0.493 e. The summed E-state index contributed by atoms with van der Waals surface area (Å²) in [4.78, 5) is 38.9. The van der Waals surface area contributed by atoms with Gasteiger partial charge >= 0.3 is 5.97 Å². The van der Waals surface area contributed by atoms with Crippen LogP contribution in [0.3, 0.4) is 0 Å². The molecule has 1 saturated heterocycles. The van der Waals surface area contributed by atoms with E-state index in [9.17, 15) is 14.4 Å². The van der Waals surface area contributed by atoms with Gasteiger partial charge in [0.05, 0.1) is 30.7 Å². The van der Waals surface area contributed by atoms with Crippen molar-refractivity contribution in [1.29, 1.82) is 0 Å². The molecule has 31 heavy (non-hydrogen) atoms. The quantitative estimate of drug-likeness (QED) is 0.748. The minimum Gasteiger partial charge on any atom is -0.493 e. The van der Waals surface area contributed by atoms with Crippen molar-refractivity contribution in [3.8, 4) is 5.75 Å². The number of nitrogens with zero attached hydrogens (tertiary/aromatic N) is 1. The van der Waals surface area contributed by atoms with Gasteiger partial charge in [-0.3, -0.25) is 9.59 Å². The number of benzene rings is 2. The molecule has 2 unspecified atom stereocenters. The van der Waals surface area contributed by atoms with E-state index in [1.54, 1.807) is 36.1 Å². The predicted octanol–water partition coefficient (Wildman–Crippen LogP) is 3.16. The number of ether oxygens (including phenoxy) is 2. The zero-order valence-electron chi connectivity index (χ0n) is 17.7. The number of rotatable bonds is 5. The number of hydrogen-bond donors (Lipinski definition) is 1. The lowest BCUT2D eigenvalue weighted by atomic mass is 9.97. The van der Waals surface area contributed by atoms with Gasteiger partial charge in [0.2, 0.25) is 11.8 Å². The fourth-order valence-corrected chi connectivity index (χ4v) is 4.08. The van der Waals surface area contributed by atoms with Crippen molar-refractivity contribution >= 4 is 23.5 Å². The number of carbonyl (C=O) groups is 3. The Kier molecular flexibility index (Phi) is 5.93. The molecule has 162 valence electrons. The molecule has 0 spiro atoms. The lowest BCUT2D eigenvalue weighted by Gasteiger charge is -2.28. The van der Waals surface area contributed by atoms with Gasteiger partial charge in [-0.1, -0.05) is 17.7 Å². The van der Waals surface area contributed by atoms with E-state index in [1.807, 2.05) is 25.1 Å². The maximum Gasteiger partial charge on any atom is 0.338 e. The molecule has 2 heterocycles.